The van der Waals surface area contributed by atoms with Crippen molar-refractivity contribution >= 4 is 79.4 Å². The normalized spacial score (nSPS) is 11.5. The van der Waals surface area contributed by atoms with Crippen molar-refractivity contribution in [2.24, 2.45) is 0 Å². The van der Waals surface area contributed by atoms with E-state index in [1.807, 2.05) is 0 Å². The molecule has 0 fully saturated rings. The lowest BCUT2D eigenvalue weighted by Gasteiger charge is -2.14. The van der Waals surface area contributed by atoms with E-state index in [9.17, 15) is 22.9 Å². The Morgan fingerprint density at radius 3 is 2.43 bits per heavy atom. The van der Waals surface area contributed by atoms with Crippen molar-refractivity contribution in [3.8, 4) is 5.75 Å². The zero-order chi connectivity index (χ0) is 26.7. The average Bonchev–Trinajstić information content (AvgIpc) is 2.81. The number of amides is 1. The molecule has 1 aromatic heterocycles. The minimum absolute atomic E-state index is 0.0311. The van der Waals surface area contributed by atoms with Gasteiger partial charge in [-0.1, -0.05) is 11.1 Å². The summed E-state index contributed by atoms with van der Waals surface area (Å²) in [6.45, 7) is 0. The van der Waals surface area contributed by atoms with Crippen molar-refractivity contribution in [2.75, 3.05) is 10.6 Å². The van der Waals surface area contributed by atoms with Crippen LogP contribution in [0, 0.1) is 0 Å². The van der Waals surface area contributed by atoms with Gasteiger partial charge in [-0.15, -0.1) is 4.33 Å². The Balaban J connectivity index is 1.70. The van der Waals surface area contributed by atoms with Crippen LogP contribution in [-0.2, 0) is 19.5 Å². The van der Waals surface area contributed by atoms with Crippen LogP contribution in [0.15, 0.2) is 58.3 Å². The van der Waals surface area contributed by atoms with Gasteiger partial charge in [0.25, 0.3) is 16.0 Å². The maximum Gasteiger partial charge on any atom is 0.294 e. The molecule has 0 aliphatic carbocycles. The summed E-state index contributed by atoms with van der Waals surface area (Å²) in [6, 6.07) is 10.8. The number of carbonyl (C=O) groups excluding carboxylic acids is 1. The third kappa shape index (κ3) is 6.54. The van der Waals surface area contributed by atoms with Gasteiger partial charge >= 0.3 is 0 Å². The van der Waals surface area contributed by atoms with Crippen LogP contribution in [0.3, 0.4) is 0 Å². The second kappa shape index (κ2) is 11.0. The van der Waals surface area contributed by atoms with Gasteiger partial charge in [-0.3, -0.25) is 9.35 Å². The molecule has 4 rings (SSSR count). The molecule has 13 nitrogen and oxygen atoms in total. The van der Waals surface area contributed by atoms with Gasteiger partial charge in [-0.25, -0.2) is 5.26 Å². The van der Waals surface area contributed by atoms with E-state index in [1.165, 1.54) is 24.3 Å². The molecule has 3 aromatic carbocycles. The molecule has 0 bridgehead atoms. The zero-order valence-electron chi connectivity index (χ0n) is 17.9. The Hall–Kier alpha value is -3.28. The highest BCUT2D eigenvalue weighted by Crippen LogP contribution is 2.38. The van der Waals surface area contributed by atoms with Crippen LogP contribution in [0.4, 0.5) is 17.3 Å². The molecular formula is C20H13Cl2N5O8S2. The Morgan fingerprint density at radius 1 is 1.03 bits per heavy atom. The molecule has 0 aliphatic heterocycles. The maximum absolute atomic E-state index is 13.1. The SMILES string of the molecule is O=C(Nc1cc(S(=O)(=O)O)cc2cc(SOOO)cc(O)c12)c1cccc(Nc2nc(Cl)nc(Cl)n2)c1. The highest BCUT2D eigenvalue weighted by molar-refractivity contribution is 7.94. The summed E-state index contributed by atoms with van der Waals surface area (Å²) in [5.74, 6) is -1.01. The van der Waals surface area contributed by atoms with Crippen LogP contribution in [0.25, 0.3) is 10.8 Å². The van der Waals surface area contributed by atoms with E-state index >= 15 is 0 Å². The molecule has 0 aliphatic rings. The lowest BCUT2D eigenvalue weighted by atomic mass is 10.1. The van der Waals surface area contributed by atoms with Crippen LogP contribution in [-0.4, -0.2) is 44.2 Å². The summed E-state index contributed by atoms with van der Waals surface area (Å²) in [5, 5.41) is 27.7. The molecule has 1 amide bonds. The summed E-state index contributed by atoms with van der Waals surface area (Å²) >= 11 is 12.1. The number of nitrogens with zero attached hydrogens (tertiary/aromatic N) is 3. The lowest BCUT2D eigenvalue weighted by Crippen LogP contribution is -2.13. The first-order valence-electron chi connectivity index (χ1n) is 9.72. The van der Waals surface area contributed by atoms with Gasteiger partial charge in [0.1, 0.15) is 5.75 Å². The number of aromatic hydroxyl groups is 1. The molecule has 0 unspecified atom stereocenters. The third-order valence-corrected chi connectivity index (χ3v) is 6.37. The standard InChI is InChI=1S/C20H13Cl2N5O8S2/c21-18-25-19(22)27-20(26-18)23-11-3-1-2-9(4-11)17(29)24-14-8-13(37(31,32)33)6-10-5-12(36-35-34-30)7-15(28)16(10)14/h1-8,28,30H,(H,24,29)(H,31,32,33)(H,23,25,26,27). The van der Waals surface area contributed by atoms with Gasteiger partial charge < -0.3 is 15.7 Å². The minimum Gasteiger partial charge on any atom is -0.507 e. The van der Waals surface area contributed by atoms with Gasteiger partial charge in [0.05, 0.1) is 22.6 Å². The number of hydrogen-bond donors (Lipinski definition) is 5. The predicted octanol–water partition coefficient (Wildman–Crippen LogP) is 4.71. The number of halogens is 2. The molecule has 4 aromatic rings. The van der Waals surface area contributed by atoms with Gasteiger partial charge in [0, 0.05) is 21.5 Å². The zero-order valence-corrected chi connectivity index (χ0v) is 21.1. The summed E-state index contributed by atoms with van der Waals surface area (Å²) in [5.41, 5.74) is 0.401. The lowest BCUT2D eigenvalue weighted by molar-refractivity contribution is -0.432. The van der Waals surface area contributed by atoms with E-state index in [0.717, 1.165) is 12.1 Å². The number of hydrogen-bond acceptors (Lipinski definition) is 12. The number of aromatic nitrogens is 3. The first-order chi connectivity index (χ1) is 17.5. The van der Waals surface area contributed by atoms with Crippen LogP contribution >= 0.6 is 35.2 Å². The van der Waals surface area contributed by atoms with Crippen LogP contribution in [0.5, 0.6) is 5.75 Å². The van der Waals surface area contributed by atoms with Crippen molar-refractivity contribution < 1.29 is 37.5 Å². The Kier molecular flexibility index (Phi) is 7.96. The van der Waals surface area contributed by atoms with Crippen LogP contribution in [0.2, 0.25) is 10.6 Å². The predicted molar refractivity (Wildman–Crippen MR) is 134 cm³/mol. The van der Waals surface area contributed by atoms with Crippen molar-refractivity contribution in [3.05, 3.63) is 64.7 Å². The topological polar surface area (TPSA) is 193 Å². The molecule has 1 heterocycles. The molecule has 17 heteroatoms. The fourth-order valence-electron chi connectivity index (χ4n) is 3.23. The molecule has 37 heavy (non-hydrogen) atoms. The van der Waals surface area contributed by atoms with Crippen LogP contribution < -0.4 is 10.6 Å². The van der Waals surface area contributed by atoms with Crippen molar-refractivity contribution in [1.29, 1.82) is 0 Å². The van der Waals surface area contributed by atoms with E-state index in [-0.39, 0.29) is 49.2 Å². The number of rotatable bonds is 8. The first-order valence-corrected chi connectivity index (χ1v) is 12.7. The summed E-state index contributed by atoms with van der Waals surface area (Å²) < 4.78 is 37.6. The summed E-state index contributed by atoms with van der Waals surface area (Å²) in [7, 11) is -4.69. The first kappa shape index (κ1) is 26.8. The van der Waals surface area contributed by atoms with E-state index in [0.29, 0.717) is 17.7 Å². The van der Waals surface area contributed by atoms with Crippen molar-refractivity contribution in [2.45, 2.75) is 9.79 Å². The average molecular weight is 586 g/mol. The number of fused-ring (bicyclic) bond motifs is 1. The Morgan fingerprint density at radius 2 is 1.76 bits per heavy atom. The van der Waals surface area contributed by atoms with E-state index in [2.05, 4.69) is 35.0 Å². The fourth-order valence-corrected chi connectivity index (χ4v) is 4.58. The monoisotopic (exact) mass is 585 g/mol. The van der Waals surface area contributed by atoms with E-state index in [4.69, 9.17) is 28.5 Å². The second-order valence-electron chi connectivity index (χ2n) is 7.07. The smallest absolute Gasteiger partial charge is 0.294 e. The van der Waals surface area contributed by atoms with Crippen molar-refractivity contribution in [3.63, 3.8) is 0 Å². The number of benzene rings is 3. The van der Waals surface area contributed by atoms with E-state index in [1.54, 1.807) is 12.1 Å². The summed E-state index contributed by atoms with van der Waals surface area (Å²) in [4.78, 5) is 24.1. The van der Waals surface area contributed by atoms with Gasteiger partial charge in [0.15, 0.2) is 0 Å². The fraction of sp³-hybridized carbons (Fsp3) is 0. The highest BCUT2D eigenvalue weighted by atomic mass is 35.5. The molecule has 0 atom stereocenters. The number of nitrogens with one attached hydrogen (secondary N) is 2. The molecule has 0 radical (unpaired) electrons. The number of phenols is 1. The molecule has 0 spiro atoms. The van der Waals surface area contributed by atoms with Crippen molar-refractivity contribution in [1.82, 2.24) is 15.0 Å². The molecule has 192 valence electrons. The van der Waals surface area contributed by atoms with Gasteiger partial charge in [-0.2, -0.15) is 23.4 Å². The molecule has 0 saturated heterocycles. The van der Waals surface area contributed by atoms with E-state index < -0.39 is 20.9 Å². The van der Waals surface area contributed by atoms with Gasteiger partial charge in [0.2, 0.25) is 16.5 Å². The Bertz CT molecular complexity index is 1600. The van der Waals surface area contributed by atoms with Gasteiger partial charge in [-0.05, 0) is 71.1 Å². The highest BCUT2D eigenvalue weighted by Gasteiger charge is 2.19. The second-order valence-corrected chi connectivity index (χ2v) is 9.94. The number of anilines is 3. The Labute approximate surface area is 222 Å². The molecule has 0 saturated carbocycles. The van der Waals surface area contributed by atoms with Crippen LogP contribution in [0.1, 0.15) is 10.4 Å². The number of phenolic OH excluding ortho intramolecular Hbond substituents is 1. The number of carbonyl (C=O) groups is 1. The largest absolute Gasteiger partial charge is 0.507 e. The quantitative estimate of drug-likeness (QED) is 0.0826. The minimum atomic E-state index is -4.69. The maximum atomic E-state index is 13.1. The molecular weight excluding hydrogens is 573 g/mol. The third-order valence-electron chi connectivity index (χ3n) is 4.64. The molecule has 5 N–H and O–H groups in total. The summed E-state index contributed by atoms with van der Waals surface area (Å²) in [6.07, 6.45) is 0.